The summed E-state index contributed by atoms with van der Waals surface area (Å²) in [5, 5.41) is 10.6. The number of rotatable bonds is 4. The molecule has 2 aliphatic heterocycles. The molecule has 1 unspecified atom stereocenters. The molecule has 1 saturated heterocycles. The van der Waals surface area contributed by atoms with Gasteiger partial charge in [0.25, 0.3) is 0 Å². The van der Waals surface area contributed by atoms with Gasteiger partial charge in [-0.15, -0.1) is 21.5 Å². The van der Waals surface area contributed by atoms with Crippen LogP contribution >= 0.6 is 22.9 Å². The second kappa shape index (κ2) is 8.79. The summed E-state index contributed by atoms with van der Waals surface area (Å²) in [6.45, 7) is 5.78. The van der Waals surface area contributed by atoms with Gasteiger partial charge in [0, 0.05) is 34.1 Å². The van der Waals surface area contributed by atoms with Gasteiger partial charge < -0.3 is 4.90 Å². The van der Waals surface area contributed by atoms with E-state index in [1.165, 1.54) is 11.3 Å². The van der Waals surface area contributed by atoms with Crippen LogP contribution in [0.5, 0.6) is 0 Å². The maximum atomic E-state index is 13.2. The van der Waals surface area contributed by atoms with Gasteiger partial charge in [-0.1, -0.05) is 30.7 Å². The summed E-state index contributed by atoms with van der Waals surface area (Å²) in [6.07, 6.45) is 4.58. The third-order valence-corrected chi connectivity index (χ3v) is 7.71. The van der Waals surface area contributed by atoms with E-state index in [0.717, 1.165) is 65.8 Å². The molecular formula is C24H26ClN5OS. The number of aromatic nitrogens is 3. The van der Waals surface area contributed by atoms with Gasteiger partial charge in [0.15, 0.2) is 5.82 Å². The highest BCUT2D eigenvalue weighted by atomic mass is 35.5. The first kappa shape index (κ1) is 21.3. The number of benzene rings is 1. The van der Waals surface area contributed by atoms with Crippen molar-refractivity contribution in [1.29, 1.82) is 0 Å². The zero-order valence-corrected chi connectivity index (χ0v) is 19.9. The molecule has 0 saturated carbocycles. The number of fused-ring (bicyclic) bond motifs is 3. The van der Waals surface area contributed by atoms with Crippen molar-refractivity contribution in [1.82, 2.24) is 19.7 Å². The summed E-state index contributed by atoms with van der Waals surface area (Å²) in [5.74, 6) is 1.69. The molecular weight excluding hydrogens is 442 g/mol. The summed E-state index contributed by atoms with van der Waals surface area (Å²) in [4.78, 5) is 21.6. The molecule has 3 aromatic rings. The Labute approximate surface area is 197 Å². The normalized spacial score (nSPS) is 18.0. The number of carbonyl (C=O) groups is 1. The van der Waals surface area contributed by atoms with Gasteiger partial charge in [-0.3, -0.25) is 14.4 Å². The van der Waals surface area contributed by atoms with Crippen LogP contribution in [0.2, 0.25) is 5.02 Å². The molecule has 0 aliphatic carbocycles. The lowest BCUT2D eigenvalue weighted by molar-refractivity contribution is -0.132. The molecule has 0 N–H and O–H groups in total. The lowest BCUT2D eigenvalue weighted by atomic mass is 10.0. The quantitative estimate of drug-likeness (QED) is 0.533. The molecule has 0 bridgehead atoms. The molecule has 1 atom stereocenters. The highest BCUT2D eigenvalue weighted by Gasteiger charge is 2.32. The lowest BCUT2D eigenvalue weighted by Crippen LogP contribution is -2.36. The van der Waals surface area contributed by atoms with E-state index >= 15 is 0 Å². The molecule has 32 heavy (non-hydrogen) atoms. The number of hydrogen-bond donors (Lipinski definition) is 0. The topological polar surface area (TPSA) is 63.4 Å². The zero-order valence-electron chi connectivity index (χ0n) is 18.3. The Morgan fingerprint density at radius 1 is 1.16 bits per heavy atom. The van der Waals surface area contributed by atoms with E-state index in [1.54, 1.807) is 11.3 Å². The molecule has 2 aromatic heterocycles. The van der Waals surface area contributed by atoms with Crippen molar-refractivity contribution in [2.45, 2.75) is 52.0 Å². The predicted octanol–water partition coefficient (Wildman–Crippen LogP) is 5.15. The average molecular weight is 468 g/mol. The number of amides is 1. The molecule has 4 heterocycles. The van der Waals surface area contributed by atoms with Gasteiger partial charge in [0.05, 0.1) is 12.1 Å². The number of aliphatic imine (C=N–C) groups is 1. The van der Waals surface area contributed by atoms with E-state index in [2.05, 4.69) is 27.8 Å². The number of aryl methyl sites for hydroxylation is 2. The molecule has 8 heteroatoms. The summed E-state index contributed by atoms with van der Waals surface area (Å²) < 4.78 is 2.10. The van der Waals surface area contributed by atoms with Crippen molar-refractivity contribution >= 4 is 34.6 Å². The highest BCUT2D eigenvalue weighted by Crippen LogP contribution is 2.37. The number of piperidine rings is 1. The third kappa shape index (κ3) is 3.88. The maximum absolute atomic E-state index is 13.2. The summed E-state index contributed by atoms with van der Waals surface area (Å²) >= 11 is 7.90. The Hall–Kier alpha value is -2.51. The number of hydrogen-bond acceptors (Lipinski definition) is 5. The molecule has 5 rings (SSSR count). The van der Waals surface area contributed by atoms with Crippen LogP contribution in [-0.4, -0.2) is 44.4 Å². The second-order valence-electron chi connectivity index (χ2n) is 8.37. The fraction of sp³-hybridized carbons (Fsp3) is 0.417. The van der Waals surface area contributed by atoms with Crippen molar-refractivity contribution in [3.05, 3.63) is 63.0 Å². The van der Waals surface area contributed by atoms with E-state index in [1.807, 2.05) is 36.1 Å². The summed E-state index contributed by atoms with van der Waals surface area (Å²) in [5.41, 5.74) is 2.93. The number of halogens is 1. The van der Waals surface area contributed by atoms with Crippen LogP contribution in [0, 0.1) is 6.92 Å². The first-order valence-corrected chi connectivity index (χ1v) is 12.4. The third-order valence-electron chi connectivity index (χ3n) is 6.20. The van der Waals surface area contributed by atoms with Crippen LogP contribution in [-0.2, 0) is 11.2 Å². The van der Waals surface area contributed by atoms with Crippen molar-refractivity contribution in [2.24, 2.45) is 4.99 Å². The maximum Gasteiger partial charge on any atom is 0.225 e. The predicted molar refractivity (Wildman–Crippen MR) is 128 cm³/mol. The minimum Gasteiger partial charge on any atom is -0.343 e. The largest absolute Gasteiger partial charge is 0.343 e. The first-order chi connectivity index (χ1) is 15.5. The van der Waals surface area contributed by atoms with Gasteiger partial charge in [-0.05, 0) is 50.8 Å². The van der Waals surface area contributed by atoms with Crippen LogP contribution in [0.15, 0.2) is 35.3 Å². The second-order valence-corrected chi connectivity index (χ2v) is 9.92. The van der Waals surface area contributed by atoms with E-state index in [4.69, 9.17) is 16.6 Å². The standard InChI is InChI=1S/C24H26ClN5OS/c1-3-18-13-19-22(16-7-9-17(25)10-8-16)26-20(14-21(31)29-11-5-4-6-12-29)23-28-27-15(2)30(23)24(19)32-18/h7-10,13,20H,3-6,11-12,14H2,1-2H3. The molecule has 1 aromatic carbocycles. The Morgan fingerprint density at radius 2 is 1.91 bits per heavy atom. The zero-order chi connectivity index (χ0) is 22.2. The molecule has 6 nitrogen and oxygen atoms in total. The fourth-order valence-electron chi connectivity index (χ4n) is 4.48. The number of thiophene rings is 1. The van der Waals surface area contributed by atoms with Crippen LogP contribution in [0.25, 0.3) is 5.00 Å². The van der Waals surface area contributed by atoms with Crippen molar-refractivity contribution in [3.8, 4) is 5.00 Å². The monoisotopic (exact) mass is 467 g/mol. The number of likely N-dealkylation sites (tertiary alicyclic amines) is 1. The summed E-state index contributed by atoms with van der Waals surface area (Å²) in [6, 6.07) is 9.59. The van der Waals surface area contributed by atoms with Gasteiger partial charge in [0.1, 0.15) is 16.9 Å². The van der Waals surface area contributed by atoms with E-state index < -0.39 is 0 Å². The molecule has 1 amide bonds. The molecule has 0 spiro atoms. The van der Waals surface area contributed by atoms with Crippen molar-refractivity contribution < 1.29 is 4.79 Å². The highest BCUT2D eigenvalue weighted by molar-refractivity contribution is 7.15. The van der Waals surface area contributed by atoms with E-state index in [0.29, 0.717) is 11.4 Å². The minimum atomic E-state index is -0.388. The molecule has 166 valence electrons. The van der Waals surface area contributed by atoms with Gasteiger partial charge in [-0.2, -0.15) is 0 Å². The molecule has 2 aliphatic rings. The van der Waals surface area contributed by atoms with Crippen LogP contribution in [0.1, 0.15) is 66.3 Å². The van der Waals surface area contributed by atoms with Gasteiger partial charge in [0.2, 0.25) is 5.91 Å². The van der Waals surface area contributed by atoms with Gasteiger partial charge in [-0.25, -0.2) is 0 Å². The Bertz CT molecular complexity index is 1170. The fourth-order valence-corrected chi connectivity index (χ4v) is 5.76. The Balaban J connectivity index is 1.63. The van der Waals surface area contributed by atoms with Gasteiger partial charge >= 0.3 is 0 Å². The van der Waals surface area contributed by atoms with Crippen molar-refractivity contribution in [2.75, 3.05) is 13.1 Å². The van der Waals surface area contributed by atoms with E-state index in [9.17, 15) is 4.79 Å². The Kier molecular flexibility index (Phi) is 5.86. The molecule has 0 radical (unpaired) electrons. The summed E-state index contributed by atoms with van der Waals surface area (Å²) in [7, 11) is 0. The lowest BCUT2D eigenvalue weighted by Gasteiger charge is -2.27. The smallest absolute Gasteiger partial charge is 0.225 e. The van der Waals surface area contributed by atoms with Crippen LogP contribution in [0.3, 0.4) is 0 Å². The number of nitrogens with zero attached hydrogens (tertiary/aromatic N) is 5. The SMILES string of the molecule is CCc1cc2c(s1)-n1c(C)nnc1C(CC(=O)N1CCCCC1)N=C2c1ccc(Cl)cc1. The number of carbonyl (C=O) groups excluding carboxylic acids is 1. The van der Waals surface area contributed by atoms with Crippen LogP contribution < -0.4 is 0 Å². The average Bonchev–Trinajstić information content (AvgIpc) is 3.38. The molecule has 1 fully saturated rings. The Morgan fingerprint density at radius 3 is 2.62 bits per heavy atom. The van der Waals surface area contributed by atoms with Crippen LogP contribution in [0.4, 0.5) is 0 Å². The van der Waals surface area contributed by atoms with Crippen molar-refractivity contribution in [3.63, 3.8) is 0 Å². The van der Waals surface area contributed by atoms with E-state index in [-0.39, 0.29) is 11.9 Å². The first-order valence-electron chi connectivity index (χ1n) is 11.2. The minimum absolute atomic E-state index is 0.139.